The number of benzene rings is 2. The predicted molar refractivity (Wildman–Crippen MR) is 110 cm³/mol. The second-order valence-corrected chi connectivity index (χ2v) is 7.39. The fourth-order valence-electron chi connectivity index (χ4n) is 3.70. The predicted octanol–water partition coefficient (Wildman–Crippen LogP) is 3.08. The lowest BCUT2D eigenvalue weighted by molar-refractivity contribution is -0.695. The normalized spacial score (nSPS) is 16.9. The van der Waals surface area contributed by atoms with Crippen LogP contribution in [-0.4, -0.2) is 18.6 Å². The minimum atomic E-state index is -0.858. The fraction of sp³-hybridized carbons (Fsp3) is 0.136. The van der Waals surface area contributed by atoms with E-state index in [-0.39, 0.29) is 25.2 Å². The lowest BCUT2D eigenvalue weighted by Crippen LogP contribution is -2.58. The number of amides is 2. The van der Waals surface area contributed by atoms with Crippen molar-refractivity contribution in [3.05, 3.63) is 77.6 Å². The largest absolute Gasteiger partial charge is 0.454 e. The third-order valence-electron chi connectivity index (χ3n) is 5.08. The van der Waals surface area contributed by atoms with Gasteiger partial charge in [-0.25, -0.2) is 0 Å². The maximum atomic E-state index is 13.4. The molecule has 8 heteroatoms. The van der Waals surface area contributed by atoms with Gasteiger partial charge in [0, 0.05) is 34.6 Å². The van der Waals surface area contributed by atoms with E-state index in [4.69, 9.17) is 21.1 Å². The monoisotopic (exact) mass is 422 g/mol. The SMILES string of the molecule is O=C(Nc1ccc(Cl)cc1)C1c2cccc[n+]2CC(=O)N1c1ccc2c(c1)OCO2. The van der Waals surface area contributed by atoms with Gasteiger partial charge in [-0.2, -0.15) is 4.57 Å². The molecule has 0 fully saturated rings. The summed E-state index contributed by atoms with van der Waals surface area (Å²) in [5.74, 6) is 0.626. The summed E-state index contributed by atoms with van der Waals surface area (Å²) in [6, 6.07) is 16.7. The van der Waals surface area contributed by atoms with E-state index in [1.807, 2.05) is 18.2 Å². The van der Waals surface area contributed by atoms with E-state index in [1.54, 1.807) is 53.2 Å². The van der Waals surface area contributed by atoms with Gasteiger partial charge in [0.25, 0.3) is 11.8 Å². The highest BCUT2D eigenvalue weighted by atomic mass is 35.5. The number of nitrogens with zero attached hydrogens (tertiary/aromatic N) is 2. The number of rotatable bonds is 3. The molecule has 1 N–H and O–H groups in total. The third-order valence-corrected chi connectivity index (χ3v) is 5.33. The Hall–Kier alpha value is -3.58. The summed E-state index contributed by atoms with van der Waals surface area (Å²) in [7, 11) is 0. The molecule has 7 nitrogen and oxygen atoms in total. The molecule has 1 aromatic heterocycles. The molecular weight excluding hydrogens is 406 g/mol. The van der Waals surface area contributed by atoms with E-state index >= 15 is 0 Å². The molecule has 1 unspecified atom stereocenters. The van der Waals surface area contributed by atoms with Crippen molar-refractivity contribution in [1.82, 2.24) is 0 Å². The zero-order valence-corrected chi connectivity index (χ0v) is 16.5. The molecule has 1 atom stereocenters. The number of hydrogen-bond donors (Lipinski definition) is 1. The number of aromatic nitrogens is 1. The van der Waals surface area contributed by atoms with E-state index < -0.39 is 6.04 Å². The molecule has 0 saturated carbocycles. The maximum absolute atomic E-state index is 13.4. The summed E-state index contributed by atoms with van der Waals surface area (Å²) in [6.07, 6.45) is 1.80. The van der Waals surface area contributed by atoms with Crippen LogP contribution in [0.25, 0.3) is 0 Å². The maximum Gasteiger partial charge on any atom is 0.294 e. The van der Waals surface area contributed by atoms with Gasteiger partial charge in [-0.1, -0.05) is 17.7 Å². The number of carbonyl (C=O) groups excluding carboxylic acids is 2. The van der Waals surface area contributed by atoms with Crippen molar-refractivity contribution in [2.75, 3.05) is 17.0 Å². The van der Waals surface area contributed by atoms with Crippen LogP contribution in [0.4, 0.5) is 11.4 Å². The van der Waals surface area contributed by atoms with E-state index in [0.29, 0.717) is 33.6 Å². The van der Waals surface area contributed by atoms with Crippen LogP contribution in [0.3, 0.4) is 0 Å². The number of carbonyl (C=O) groups is 2. The molecule has 2 aromatic carbocycles. The number of halogens is 1. The Morgan fingerprint density at radius 3 is 2.70 bits per heavy atom. The minimum absolute atomic E-state index is 0.131. The van der Waals surface area contributed by atoms with Gasteiger partial charge in [-0.05, 0) is 36.4 Å². The van der Waals surface area contributed by atoms with Crippen molar-refractivity contribution in [1.29, 1.82) is 0 Å². The van der Waals surface area contributed by atoms with Gasteiger partial charge in [-0.3, -0.25) is 14.5 Å². The van der Waals surface area contributed by atoms with Crippen molar-refractivity contribution < 1.29 is 23.6 Å². The number of hydrogen-bond acceptors (Lipinski definition) is 4. The van der Waals surface area contributed by atoms with Gasteiger partial charge in [0.2, 0.25) is 25.1 Å². The molecule has 2 aliphatic heterocycles. The average molecular weight is 423 g/mol. The van der Waals surface area contributed by atoms with Gasteiger partial charge < -0.3 is 14.8 Å². The molecule has 2 amide bonds. The highest BCUT2D eigenvalue weighted by Gasteiger charge is 2.44. The Morgan fingerprint density at radius 2 is 1.87 bits per heavy atom. The topological polar surface area (TPSA) is 71.8 Å². The molecule has 2 aliphatic rings. The first-order valence-corrected chi connectivity index (χ1v) is 9.74. The van der Waals surface area contributed by atoms with Crippen molar-refractivity contribution in [3.8, 4) is 11.5 Å². The molecule has 5 rings (SSSR count). The van der Waals surface area contributed by atoms with Gasteiger partial charge in [0.05, 0.1) is 0 Å². The molecular formula is C22H17ClN3O4+. The second-order valence-electron chi connectivity index (χ2n) is 6.95. The summed E-state index contributed by atoms with van der Waals surface area (Å²) in [6.45, 7) is 0.265. The first-order valence-electron chi connectivity index (χ1n) is 9.37. The molecule has 3 heterocycles. The van der Waals surface area contributed by atoms with Crippen LogP contribution in [0.1, 0.15) is 11.7 Å². The van der Waals surface area contributed by atoms with Crippen molar-refractivity contribution >= 4 is 34.8 Å². The number of ether oxygens (including phenoxy) is 2. The lowest BCUT2D eigenvalue weighted by atomic mass is 10.0. The molecule has 0 radical (unpaired) electrons. The van der Waals surface area contributed by atoms with Crippen LogP contribution in [0.2, 0.25) is 5.02 Å². The summed E-state index contributed by atoms with van der Waals surface area (Å²) >= 11 is 5.94. The average Bonchev–Trinajstić information content (AvgIpc) is 3.22. The van der Waals surface area contributed by atoms with Crippen molar-refractivity contribution in [3.63, 3.8) is 0 Å². The first kappa shape index (κ1) is 18.4. The van der Waals surface area contributed by atoms with E-state index in [1.165, 1.54) is 4.90 Å². The van der Waals surface area contributed by atoms with Crippen molar-refractivity contribution in [2.45, 2.75) is 12.6 Å². The molecule has 0 aliphatic carbocycles. The van der Waals surface area contributed by atoms with Gasteiger partial charge in [0.1, 0.15) is 0 Å². The van der Waals surface area contributed by atoms with Crippen LogP contribution < -0.4 is 24.3 Å². The second kappa shape index (κ2) is 7.35. The number of nitrogens with one attached hydrogen (secondary N) is 1. The molecule has 0 bridgehead atoms. The Balaban J connectivity index is 1.56. The molecule has 0 spiro atoms. The summed E-state index contributed by atoms with van der Waals surface area (Å²) in [4.78, 5) is 28.0. The van der Waals surface area contributed by atoms with Crippen LogP contribution in [0.15, 0.2) is 66.9 Å². The number of pyridine rings is 1. The quantitative estimate of drug-likeness (QED) is 0.658. The van der Waals surface area contributed by atoms with Crippen LogP contribution in [0.5, 0.6) is 11.5 Å². The number of fused-ring (bicyclic) bond motifs is 2. The third kappa shape index (κ3) is 3.23. The summed E-state index contributed by atoms with van der Waals surface area (Å²) < 4.78 is 12.6. The summed E-state index contributed by atoms with van der Waals surface area (Å²) in [5.41, 5.74) is 1.87. The highest BCUT2D eigenvalue weighted by Crippen LogP contribution is 2.38. The molecule has 150 valence electrons. The zero-order chi connectivity index (χ0) is 20.7. The Morgan fingerprint density at radius 1 is 1.07 bits per heavy atom. The Labute approximate surface area is 177 Å². The van der Waals surface area contributed by atoms with Gasteiger partial charge in [-0.15, -0.1) is 0 Å². The standard InChI is InChI=1S/C22H16ClN3O4/c23-14-4-6-15(7-5-14)24-22(28)21-17-3-1-2-10-25(17)12-20(27)26(21)16-8-9-18-19(11-16)30-13-29-18/h1-11,21H,12-13H2/p+1. The van der Waals surface area contributed by atoms with Gasteiger partial charge in [0.15, 0.2) is 17.7 Å². The zero-order valence-electron chi connectivity index (χ0n) is 15.7. The molecule has 30 heavy (non-hydrogen) atoms. The van der Waals surface area contributed by atoms with Crippen LogP contribution >= 0.6 is 11.6 Å². The smallest absolute Gasteiger partial charge is 0.294 e. The van der Waals surface area contributed by atoms with Crippen LogP contribution in [0, 0.1) is 0 Å². The van der Waals surface area contributed by atoms with Gasteiger partial charge >= 0.3 is 0 Å². The van der Waals surface area contributed by atoms with E-state index in [9.17, 15) is 9.59 Å². The first-order chi connectivity index (χ1) is 14.6. The van der Waals surface area contributed by atoms with E-state index in [2.05, 4.69) is 5.32 Å². The molecule has 0 saturated heterocycles. The fourth-order valence-corrected chi connectivity index (χ4v) is 3.83. The summed E-state index contributed by atoms with van der Waals surface area (Å²) in [5, 5.41) is 3.46. The number of anilines is 2. The Kier molecular flexibility index (Phi) is 4.52. The Bertz CT molecular complexity index is 1150. The van der Waals surface area contributed by atoms with Crippen molar-refractivity contribution in [2.24, 2.45) is 0 Å². The highest BCUT2D eigenvalue weighted by molar-refractivity contribution is 6.30. The van der Waals surface area contributed by atoms with Crippen LogP contribution in [-0.2, 0) is 16.1 Å². The minimum Gasteiger partial charge on any atom is -0.454 e. The van der Waals surface area contributed by atoms with E-state index in [0.717, 1.165) is 0 Å². The lowest BCUT2D eigenvalue weighted by Gasteiger charge is -2.32. The molecule has 3 aromatic rings.